The van der Waals surface area contributed by atoms with Crippen LogP contribution in [0.2, 0.25) is 0 Å². The van der Waals surface area contributed by atoms with Gasteiger partial charge >= 0.3 is 0 Å². The van der Waals surface area contributed by atoms with Crippen LogP contribution in [0.5, 0.6) is 5.75 Å². The lowest BCUT2D eigenvalue weighted by molar-refractivity contribution is -0.117. The first-order valence-corrected chi connectivity index (χ1v) is 8.21. The van der Waals surface area contributed by atoms with E-state index < -0.39 is 0 Å². The summed E-state index contributed by atoms with van der Waals surface area (Å²) in [7, 11) is 0. The number of pyridine rings is 1. The number of para-hydroxylation sites is 1. The van der Waals surface area contributed by atoms with Gasteiger partial charge in [-0.05, 0) is 44.0 Å². The third-order valence-electron chi connectivity index (χ3n) is 4.37. The highest BCUT2D eigenvalue weighted by Crippen LogP contribution is 2.38. The molecule has 0 radical (unpaired) electrons. The molecule has 1 aromatic carbocycles. The van der Waals surface area contributed by atoms with Crippen LogP contribution < -0.4 is 10.1 Å². The van der Waals surface area contributed by atoms with Gasteiger partial charge in [0.2, 0.25) is 5.91 Å². The Morgan fingerprint density at radius 3 is 2.96 bits per heavy atom. The number of carbonyl (C=O) groups excluding carboxylic acids is 1. The molecule has 1 amide bonds. The van der Waals surface area contributed by atoms with E-state index in [9.17, 15) is 4.79 Å². The van der Waals surface area contributed by atoms with Crippen molar-refractivity contribution in [1.82, 2.24) is 10.3 Å². The zero-order chi connectivity index (χ0) is 17.1. The number of carbonyl (C=O) groups is 1. The van der Waals surface area contributed by atoms with Crippen LogP contribution >= 0.6 is 0 Å². The minimum Gasteiger partial charge on any atom is -0.487 e. The van der Waals surface area contributed by atoms with Gasteiger partial charge in [-0.15, -0.1) is 0 Å². The number of aromatic nitrogens is 1. The standard InChI is InChI=1S/C20H22N2O2/c1-4-13(2)20(23)22-12-16-11-15-8-5-9-17(19(15)24-16)18-14(3)7-6-10-21-18/h4-10,16H,11-12H2,1-3H3,(H,22,23). The molecule has 124 valence electrons. The number of nitrogens with one attached hydrogen (secondary N) is 1. The van der Waals surface area contributed by atoms with E-state index in [2.05, 4.69) is 16.4 Å². The van der Waals surface area contributed by atoms with Crippen LogP contribution in [0.3, 0.4) is 0 Å². The summed E-state index contributed by atoms with van der Waals surface area (Å²) in [4.78, 5) is 16.4. The number of rotatable bonds is 4. The van der Waals surface area contributed by atoms with E-state index in [0.29, 0.717) is 6.54 Å². The van der Waals surface area contributed by atoms with Gasteiger partial charge in [-0.25, -0.2) is 0 Å². The van der Waals surface area contributed by atoms with E-state index in [1.165, 1.54) is 5.56 Å². The van der Waals surface area contributed by atoms with Crippen LogP contribution in [0.4, 0.5) is 0 Å². The summed E-state index contributed by atoms with van der Waals surface area (Å²) in [6.07, 6.45) is 4.36. The van der Waals surface area contributed by atoms with Gasteiger partial charge in [-0.2, -0.15) is 0 Å². The van der Waals surface area contributed by atoms with Gasteiger partial charge < -0.3 is 10.1 Å². The van der Waals surface area contributed by atoms with Gasteiger partial charge in [-0.3, -0.25) is 9.78 Å². The van der Waals surface area contributed by atoms with Crippen molar-refractivity contribution in [3.63, 3.8) is 0 Å². The summed E-state index contributed by atoms with van der Waals surface area (Å²) >= 11 is 0. The van der Waals surface area contributed by atoms with Gasteiger partial charge in [0.15, 0.2) is 0 Å². The maximum atomic E-state index is 11.9. The Kier molecular flexibility index (Phi) is 4.65. The predicted molar refractivity (Wildman–Crippen MR) is 95.0 cm³/mol. The Labute approximate surface area is 142 Å². The van der Waals surface area contributed by atoms with E-state index in [0.717, 1.165) is 34.6 Å². The molecular formula is C20H22N2O2. The Balaban J connectivity index is 1.78. The van der Waals surface area contributed by atoms with Crippen molar-refractivity contribution in [2.45, 2.75) is 33.3 Å². The molecule has 1 N–H and O–H groups in total. The lowest BCUT2D eigenvalue weighted by Crippen LogP contribution is -2.34. The maximum absolute atomic E-state index is 11.9. The van der Waals surface area contributed by atoms with E-state index in [4.69, 9.17) is 4.74 Å². The van der Waals surface area contributed by atoms with Gasteiger partial charge in [0, 0.05) is 23.8 Å². The summed E-state index contributed by atoms with van der Waals surface area (Å²) in [6, 6.07) is 10.1. The molecule has 4 nitrogen and oxygen atoms in total. The second-order valence-corrected chi connectivity index (χ2v) is 6.09. The average Bonchev–Trinajstić information content (AvgIpc) is 3.02. The molecule has 0 bridgehead atoms. The van der Waals surface area contributed by atoms with Crippen LogP contribution in [0.25, 0.3) is 11.3 Å². The number of ether oxygens (including phenoxy) is 1. The fourth-order valence-corrected chi connectivity index (χ4v) is 2.88. The molecule has 2 aromatic rings. The average molecular weight is 322 g/mol. The smallest absolute Gasteiger partial charge is 0.246 e. The molecule has 4 heteroatoms. The van der Waals surface area contributed by atoms with Crippen LogP contribution in [0.1, 0.15) is 25.0 Å². The largest absolute Gasteiger partial charge is 0.487 e. The maximum Gasteiger partial charge on any atom is 0.246 e. The van der Waals surface area contributed by atoms with Crippen molar-refractivity contribution >= 4 is 5.91 Å². The Bertz CT molecular complexity index is 796. The SMILES string of the molecule is CC=C(C)C(=O)NCC1Cc2cccc(-c3ncccc3C)c2O1. The second kappa shape index (κ2) is 6.87. The quantitative estimate of drug-likeness (QED) is 0.877. The van der Waals surface area contributed by atoms with Gasteiger partial charge in [-0.1, -0.05) is 24.3 Å². The molecule has 1 atom stereocenters. The summed E-state index contributed by atoms with van der Waals surface area (Å²) in [5.74, 6) is 0.846. The number of benzene rings is 1. The summed E-state index contributed by atoms with van der Waals surface area (Å²) in [5, 5.41) is 2.93. The minimum absolute atomic E-state index is 0.0428. The van der Waals surface area contributed by atoms with E-state index >= 15 is 0 Å². The van der Waals surface area contributed by atoms with Crippen molar-refractivity contribution in [1.29, 1.82) is 0 Å². The number of nitrogens with zero attached hydrogens (tertiary/aromatic N) is 1. The lowest BCUT2D eigenvalue weighted by Gasteiger charge is -2.14. The normalized spacial score (nSPS) is 16.5. The van der Waals surface area contributed by atoms with Crippen molar-refractivity contribution in [3.05, 3.63) is 59.3 Å². The molecule has 24 heavy (non-hydrogen) atoms. The first-order valence-electron chi connectivity index (χ1n) is 8.21. The zero-order valence-corrected chi connectivity index (χ0v) is 14.3. The van der Waals surface area contributed by atoms with Crippen LogP contribution in [0.15, 0.2) is 48.2 Å². The van der Waals surface area contributed by atoms with Gasteiger partial charge in [0.1, 0.15) is 11.9 Å². The molecular weight excluding hydrogens is 300 g/mol. The van der Waals surface area contributed by atoms with Crippen LogP contribution in [0, 0.1) is 6.92 Å². The predicted octanol–water partition coefficient (Wildman–Crippen LogP) is 3.44. The fraction of sp³-hybridized carbons (Fsp3) is 0.300. The number of hydrogen-bond donors (Lipinski definition) is 1. The first-order chi connectivity index (χ1) is 11.6. The first kappa shape index (κ1) is 16.2. The van der Waals surface area contributed by atoms with Crippen molar-refractivity contribution in [3.8, 4) is 17.0 Å². The number of fused-ring (bicyclic) bond motifs is 1. The summed E-state index contributed by atoms with van der Waals surface area (Å²) in [6.45, 7) is 6.22. The monoisotopic (exact) mass is 322 g/mol. The third-order valence-corrected chi connectivity index (χ3v) is 4.37. The number of allylic oxidation sites excluding steroid dienone is 1. The van der Waals surface area contributed by atoms with Crippen LogP contribution in [-0.2, 0) is 11.2 Å². The highest BCUT2D eigenvalue weighted by Gasteiger charge is 2.26. The van der Waals surface area contributed by atoms with Crippen molar-refractivity contribution < 1.29 is 9.53 Å². The van der Waals surface area contributed by atoms with Crippen LogP contribution in [-0.4, -0.2) is 23.5 Å². The van der Waals surface area contributed by atoms with Crippen molar-refractivity contribution in [2.75, 3.05) is 6.54 Å². The molecule has 1 aliphatic rings. The molecule has 0 spiro atoms. The fourth-order valence-electron chi connectivity index (χ4n) is 2.88. The molecule has 1 unspecified atom stereocenters. The minimum atomic E-state index is -0.0437. The number of aryl methyl sites for hydroxylation is 1. The third kappa shape index (κ3) is 3.18. The lowest BCUT2D eigenvalue weighted by atomic mass is 10.0. The zero-order valence-electron chi connectivity index (χ0n) is 14.3. The Hall–Kier alpha value is -2.62. The molecule has 2 heterocycles. The van der Waals surface area contributed by atoms with Gasteiger partial charge in [0.05, 0.1) is 12.2 Å². The topological polar surface area (TPSA) is 51.2 Å². The Morgan fingerprint density at radius 2 is 2.21 bits per heavy atom. The van der Waals surface area contributed by atoms with Gasteiger partial charge in [0.25, 0.3) is 0 Å². The summed E-state index contributed by atoms with van der Waals surface area (Å²) in [5.41, 5.74) is 4.97. The Morgan fingerprint density at radius 1 is 1.38 bits per heavy atom. The summed E-state index contributed by atoms with van der Waals surface area (Å²) < 4.78 is 6.14. The van der Waals surface area contributed by atoms with Crippen molar-refractivity contribution in [2.24, 2.45) is 0 Å². The van der Waals surface area contributed by atoms with E-state index in [-0.39, 0.29) is 12.0 Å². The van der Waals surface area contributed by atoms with E-state index in [1.807, 2.05) is 51.1 Å². The number of hydrogen-bond acceptors (Lipinski definition) is 3. The highest BCUT2D eigenvalue weighted by molar-refractivity contribution is 5.92. The highest BCUT2D eigenvalue weighted by atomic mass is 16.5. The molecule has 0 saturated carbocycles. The molecule has 1 aliphatic heterocycles. The van der Waals surface area contributed by atoms with E-state index in [1.54, 1.807) is 6.20 Å². The molecule has 0 aliphatic carbocycles. The molecule has 0 fully saturated rings. The second-order valence-electron chi connectivity index (χ2n) is 6.09. The molecule has 3 rings (SSSR count). The molecule has 0 saturated heterocycles. The number of amides is 1. The molecule has 1 aromatic heterocycles.